The van der Waals surface area contributed by atoms with Crippen LogP contribution in [-0.2, 0) is 32.5 Å². The lowest BCUT2D eigenvalue weighted by Crippen LogP contribution is -2.61. The molecule has 0 bridgehead atoms. The SMILES string of the molecule is CC(C)(C)c1ccc2c(c1)c1cc(C(C)(C)C)ccc1n2-c1cc2c3c(c1)N(c1ccc(-c4ccc5c(c4)C(C)(C)CCC5(C)C)cc1)c1cc(-n4c5ccc(-c6ccccc6)cc5c5cc(-c6ccccc6)ccc54)ccc1B3c1cc(-c3ccccc3)ccc1N2c1ccc(-c2ccc3c(c2)C(C)(C)CCC3(C)C)cc1. The number of benzene rings is 14. The predicted molar refractivity (Wildman–Crippen MR) is 484 cm³/mol. The van der Waals surface area contributed by atoms with Gasteiger partial charge in [0.25, 0.3) is 6.71 Å². The first-order valence-electron chi connectivity index (χ1n) is 41.1. The van der Waals surface area contributed by atoms with E-state index in [1.807, 2.05) is 0 Å². The minimum absolute atomic E-state index is 0.0639. The topological polar surface area (TPSA) is 16.3 Å². The molecule has 554 valence electrons. The molecule has 16 aromatic rings. The van der Waals surface area contributed by atoms with E-state index in [9.17, 15) is 0 Å². The largest absolute Gasteiger partial charge is 0.311 e. The molecular weight excluding hydrogens is 1360 g/mol. The second kappa shape index (κ2) is 25.4. The van der Waals surface area contributed by atoms with Crippen molar-refractivity contribution >= 4 is 101 Å². The summed E-state index contributed by atoms with van der Waals surface area (Å²) < 4.78 is 5.14. The number of nitrogens with zero attached hydrogens (tertiary/aromatic N) is 4. The summed E-state index contributed by atoms with van der Waals surface area (Å²) in [6, 6.07) is 115. The first-order valence-corrected chi connectivity index (χ1v) is 41.1. The van der Waals surface area contributed by atoms with Gasteiger partial charge in [-0.1, -0.05) is 291 Å². The minimum Gasteiger partial charge on any atom is -0.311 e. The van der Waals surface area contributed by atoms with Crippen LogP contribution in [0.1, 0.15) is 156 Å². The van der Waals surface area contributed by atoms with E-state index in [0.29, 0.717) is 0 Å². The number of rotatable bonds is 9. The van der Waals surface area contributed by atoms with Crippen molar-refractivity contribution in [3.63, 3.8) is 0 Å². The van der Waals surface area contributed by atoms with Crippen LogP contribution in [0, 0.1) is 0 Å². The Morgan fingerprint density at radius 1 is 0.248 bits per heavy atom. The van der Waals surface area contributed by atoms with E-state index < -0.39 is 0 Å². The van der Waals surface area contributed by atoms with E-state index in [2.05, 4.69) is 413 Å². The van der Waals surface area contributed by atoms with Crippen LogP contribution in [0.2, 0.25) is 0 Å². The average Bonchev–Trinajstić information content (AvgIpc) is 1.50. The number of hydrogen-bond donors (Lipinski definition) is 0. The molecule has 0 radical (unpaired) electrons. The highest BCUT2D eigenvalue weighted by Crippen LogP contribution is 2.53. The normalized spacial score (nSPS) is 15.8. The van der Waals surface area contributed by atoms with Gasteiger partial charge in [0.1, 0.15) is 0 Å². The molecule has 2 aromatic heterocycles. The first kappa shape index (κ1) is 70.5. The van der Waals surface area contributed by atoms with Crippen LogP contribution in [0.3, 0.4) is 0 Å². The van der Waals surface area contributed by atoms with Crippen LogP contribution in [0.5, 0.6) is 0 Å². The fraction of sp³-hybridized carbons (Fsp3) is 0.222. The quantitative estimate of drug-likeness (QED) is 0.134. The van der Waals surface area contributed by atoms with E-state index >= 15 is 0 Å². The van der Waals surface area contributed by atoms with Crippen molar-refractivity contribution in [2.75, 3.05) is 9.80 Å². The van der Waals surface area contributed by atoms with Gasteiger partial charge in [0.05, 0.1) is 27.8 Å². The number of anilines is 6. The van der Waals surface area contributed by atoms with Gasteiger partial charge in [0.15, 0.2) is 0 Å². The Labute approximate surface area is 668 Å². The molecule has 4 heterocycles. The van der Waals surface area contributed by atoms with E-state index in [1.54, 1.807) is 0 Å². The predicted octanol–water partition coefficient (Wildman–Crippen LogP) is 27.6. The lowest BCUT2D eigenvalue weighted by atomic mass is 9.33. The molecule has 113 heavy (non-hydrogen) atoms. The van der Waals surface area contributed by atoms with Gasteiger partial charge in [0.2, 0.25) is 0 Å². The summed E-state index contributed by atoms with van der Waals surface area (Å²) in [5.41, 5.74) is 38.3. The third kappa shape index (κ3) is 11.5. The molecule has 0 spiro atoms. The van der Waals surface area contributed by atoms with E-state index in [-0.39, 0.29) is 39.2 Å². The van der Waals surface area contributed by atoms with Gasteiger partial charge in [-0.05, 0) is 267 Å². The Morgan fingerprint density at radius 3 is 1.01 bits per heavy atom. The maximum Gasteiger partial charge on any atom is 0.252 e. The maximum absolute atomic E-state index is 2.66. The molecule has 4 nitrogen and oxygen atoms in total. The molecule has 14 aromatic carbocycles. The zero-order valence-corrected chi connectivity index (χ0v) is 68.0. The van der Waals surface area contributed by atoms with Gasteiger partial charge in [-0.25, -0.2) is 0 Å². The summed E-state index contributed by atoms with van der Waals surface area (Å²) in [4.78, 5) is 5.28. The van der Waals surface area contributed by atoms with Crippen LogP contribution in [0.25, 0.3) is 111 Å². The fourth-order valence-corrected chi connectivity index (χ4v) is 19.9. The molecule has 2 aliphatic heterocycles. The lowest BCUT2D eigenvalue weighted by molar-refractivity contribution is 0.332. The molecule has 0 saturated heterocycles. The molecule has 0 saturated carbocycles. The summed E-state index contributed by atoms with van der Waals surface area (Å²) >= 11 is 0. The average molecular weight is 1460 g/mol. The van der Waals surface area contributed by atoms with E-state index in [0.717, 1.165) is 63.0 Å². The van der Waals surface area contributed by atoms with E-state index in [4.69, 9.17) is 0 Å². The van der Waals surface area contributed by atoms with Crippen molar-refractivity contribution in [2.45, 2.75) is 155 Å². The maximum atomic E-state index is 2.66. The highest BCUT2D eigenvalue weighted by Gasteiger charge is 2.46. The van der Waals surface area contributed by atoms with Crippen molar-refractivity contribution in [1.82, 2.24) is 9.13 Å². The molecule has 4 aliphatic rings. The molecule has 0 amide bonds. The zero-order valence-electron chi connectivity index (χ0n) is 68.0. The van der Waals surface area contributed by atoms with Gasteiger partial charge >= 0.3 is 0 Å². The van der Waals surface area contributed by atoms with Gasteiger partial charge in [-0.15, -0.1) is 0 Å². The van der Waals surface area contributed by atoms with Crippen LogP contribution >= 0.6 is 0 Å². The summed E-state index contributed by atoms with van der Waals surface area (Å²) in [5.74, 6) is 0. The van der Waals surface area contributed by atoms with Crippen molar-refractivity contribution < 1.29 is 0 Å². The van der Waals surface area contributed by atoms with Gasteiger partial charge in [-0.3, -0.25) is 0 Å². The number of hydrogen-bond acceptors (Lipinski definition) is 2. The molecule has 0 atom stereocenters. The highest BCUT2D eigenvalue weighted by molar-refractivity contribution is 7.00. The van der Waals surface area contributed by atoms with Gasteiger partial charge < -0.3 is 18.9 Å². The summed E-state index contributed by atoms with van der Waals surface area (Å²) in [6.45, 7) is 33.4. The molecule has 2 aliphatic carbocycles. The second-order valence-electron chi connectivity index (χ2n) is 37.9. The van der Waals surface area contributed by atoms with Crippen molar-refractivity contribution in [3.8, 4) is 67.0 Å². The standard InChI is InChI=1S/C108H99BN4/c1-103(2,3)78-39-52-96-86(63-78)87-64-79(104(4,5)6)40-53-97(87)113(96)83-66-100-102-101(67-83)111(81-43-32-72(33-44-81)76-35-47-89-91(61-76)108(13,14)57-55-106(89,9)10)99-65-82(112-94-49-36-73(68-24-18-15-19-25-68)58-84(94)85-59-74(37-50-95(85)112)69-26-20-16-21-27-69)45-48-92(99)109(102)93-62-77(70-28-22-17-23-29-70)38-51-98(93)110(100)80-41-30-71(31-42-80)75-34-46-88-90(60-75)107(11,12)56-54-105(88,7)8/h15-53,58-67H,54-57H2,1-14H3. The Hall–Kier alpha value is -11.7. The Kier molecular flexibility index (Phi) is 15.9. The Morgan fingerprint density at radius 2 is 0.575 bits per heavy atom. The third-order valence-corrected chi connectivity index (χ3v) is 26.8. The van der Waals surface area contributed by atoms with Crippen LogP contribution in [0.4, 0.5) is 34.1 Å². The van der Waals surface area contributed by atoms with Crippen LogP contribution in [0.15, 0.2) is 297 Å². The highest BCUT2D eigenvalue weighted by atomic mass is 15.2. The third-order valence-electron chi connectivity index (χ3n) is 26.8. The smallest absolute Gasteiger partial charge is 0.252 e. The van der Waals surface area contributed by atoms with Crippen molar-refractivity contribution in [2.24, 2.45) is 0 Å². The van der Waals surface area contributed by atoms with Crippen molar-refractivity contribution in [1.29, 1.82) is 0 Å². The second-order valence-corrected chi connectivity index (χ2v) is 37.9. The summed E-state index contributed by atoms with van der Waals surface area (Å²) in [7, 11) is 0. The van der Waals surface area contributed by atoms with Gasteiger partial charge in [0, 0.05) is 61.4 Å². The molecular formula is C108H99BN4. The Balaban J connectivity index is 0.874. The Bertz CT molecular complexity index is 6380. The molecule has 0 unspecified atom stereocenters. The fourth-order valence-electron chi connectivity index (χ4n) is 19.9. The van der Waals surface area contributed by atoms with E-state index in [1.165, 1.54) is 157 Å². The zero-order chi connectivity index (χ0) is 77.6. The lowest BCUT2D eigenvalue weighted by Gasteiger charge is -2.44. The van der Waals surface area contributed by atoms with Crippen molar-refractivity contribution in [3.05, 3.63) is 331 Å². The molecule has 0 fully saturated rings. The van der Waals surface area contributed by atoms with Crippen LogP contribution in [-0.4, -0.2) is 15.8 Å². The monoisotopic (exact) mass is 1460 g/mol. The number of fused-ring (bicyclic) bond motifs is 12. The summed E-state index contributed by atoms with van der Waals surface area (Å²) in [6.07, 6.45) is 4.69. The van der Waals surface area contributed by atoms with Gasteiger partial charge in [-0.2, -0.15) is 0 Å². The number of aromatic nitrogens is 2. The summed E-state index contributed by atoms with van der Waals surface area (Å²) in [5, 5.41) is 4.95. The minimum atomic E-state index is -0.198. The molecule has 5 heteroatoms. The molecule has 0 N–H and O–H groups in total. The molecule has 20 rings (SSSR count). The first-order chi connectivity index (χ1) is 54.2. The van der Waals surface area contributed by atoms with Crippen LogP contribution < -0.4 is 26.2 Å².